The number of benzene rings is 1. The molecule has 0 saturated carbocycles. The lowest BCUT2D eigenvalue weighted by Gasteiger charge is -2.11. The van der Waals surface area contributed by atoms with E-state index in [1.807, 2.05) is 31.2 Å². The summed E-state index contributed by atoms with van der Waals surface area (Å²) < 4.78 is 0. The van der Waals surface area contributed by atoms with E-state index in [2.05, 4.69) is 17.1 Å². The maximum atomic E-state index is 5.94. The molecule has 2 nitrogen and oxygen atoms in total. The minimum Gasteiger partial charge on any atom is -0.324 e. The van der Waals surface area contributed by atoms with Gasteiger partial charge in [0.1, 0.15) is 0 Å². The fourth-order valence-corrected chi connectivity index (χ4v) is 2.51. The van der Waals surface area contributed by atoms with E-state index in [0.717, 1.165) is 0 Å². The highest BCUT2D eigenvalue weighted by Gasteiger charge is 2.06. The van der Waals surface area contributed by atoms with Crippen LogP contribution in [-0.2, 0) is 0 Å². The maximum absolute atomic E-state index is 5.94. The lowest BCUT2D eigenvalue weighted by Crippen LogP contribution is -2.05. The summed E-state index contributed by atoms with van der Waals surface area (Å²) in [5, 5.41) is 0. The molecule has 1 atom stereocenters. The van der Waals surface area contributed by atoms with Gasteiger partial charge in [-0.2, -0.15) is 0 Å². The van der Waals surface area contributed by atoms with Crippen LogP contribution in [0.5, 0.6) is 0 Å². The quantitative estimate of drug-likeness (QED) is 0.879. The number of rotatable bonds is 3. The van der Waals surface area contributed by atoms with Gasteiger partial charge in [-0.1, -0.05) is 30.0 Å². The van der Waals surface area contributed by atoms with Crippen LogP contribution in [0.3, 0.4) is 0 Å². The van der Waals surface area contributed by atoms with E-state index < -0.39 is 0 Å². The molecule has 0 aliphatic rings. The first-order valence-electron chi connectivity index (χ1n) is 5.20. The summed E-state index contributed by atoms with van der Waals surface area (Å²) in [5.74, 6) is 0. The number of pyridine rings is 1. The van der Waals surface area contributed by atoms with Crippen molar-refractivity contribution < 1.29 is 0 Å². The Morgan fingerprint density at radius 3 is 2.50 bits per heavy atom. The van der Waals surface area contributed by atoms with Gasteiger partial charge in [-0.25, -0.2) is 0 Å². The molecule has 0 spiro atoms. The van der Waals surface area contributed by atoms with Gasteiger partial charge in [0.25, 0.3) is 0 Å². The maximum Gasteiger partial charge on any atom is 0.0279 e. The zero-order valence-corrected chi connectivity index (χ0v) is 9.95. The minimum absolute atomic E-state index is 0.0607. The van der Waals surface area contributed by atoms with Gasteiger partial charge < -0.3 is 5.73 Å². The second kappa shape index (κ2) is 5.14. The number of nitrogens with zero attached hydrogens (tertiary/aromatic N) is 1. The molecule has 1 aromatic heterocycles. The smallest absolute Gasteiger partial charge is 0.0279 e. The van der Waals surface area contributed by atoms with Crippen LogP contribution in [0.4, 0.5) is 0 Å². The molecule has 0 fully saturated rings. The summed E-state index contributed by atoms with van der Waals surface area (Å²) in [5.41, 5.74) is 7.13. The van der Waals surface area contributed by atoms with E-state index in [0.29, 0.717) is 0 Å². The van der Waals surface area contributed by atoms with Gasteiger partial charge >= 0.3 is 0 Å². The van der Waals surface area contributed by atoms with Crippen molar-refractivity contribution in [3.63, 3.8) is 0 Å². The monoisotopic (exact) mass is 230 g/mol. The third kappa shape index (κ3) is 2.62. The van der Waals surface area contributed by atoms with Crippen molar-refractivity contribution in [1.82, 2.24) is 4.98 Å². The molecule has 0 radical (unpaired) electrons. The summed E-state index contributed by atoms with van der Waals surface area (Å²) in [4.78, 5) is 6.40. The molecular formula is C13H14N2S. The van der Waals surface area contributed by atoms with Crippen LogP contribution < -0.4 is 5.73 Å². The summed E-state index contributed by atoms with van der Waals surface area (Å²) in [7, 11) is 0. The van der Waals surface area contributed by atoms with Crippen LogP contribution in [0.1, 0.15) is 18.5 Å². The minimum atomic E-state index is 0.0607. The van der Waals surface area contributed by atoms with Crippen molar-refractivity contribution in [3.8, 4) is 0 Å². The molecule has 0 unspecified atom stereocenters. The molecular weight excluding hydrogens is 216 g/mol. The van der Waals surface area contributed by atoms with Gasteiger partial charge in [0, 0.05) is 28.2 Å². The average molecular weight is 230 g/mol. The zero-order chi connectivity index (χ0) is 11.4. The molecule has 16 heavy (non-hydrogen) atoms. The molecule has 0 bridgehead atoms. The van der Waals surface area contributed by atoms with Crippen LogP contribution in [0, 0.1) is 0 Å². The molecule has 0 amide bonds. The second-order valence-electron chi connectivity index (χ2n) is 3.61. The molecule has 2 N–H and O–H groups in total. The Morgan fingerprint density at radius 1 is 1.12 bits per heavy atom. The summed E-state index contributed by atoms with van der Waals surface area (Å²) in [6, 6.07) is 12.3. The number of aromatic nitrogens is 1. The molecule has 82 valence electrons. The number of hydrogen-bond donors (Lipinski definition) is 1. The predicted molar refractivity (Wildman–Crippen MR) is 67.4 cm³/mol. The lowest BCUT2D eigenvalue weighted by molar-refractivity contribution is 0.797. The molecule has 0 saturated heterocycles. The highest BCUT2D eigenvalue weighted by molar-refractivity contribution is 7.99. The highest BCUT2D eigenvalue weighted by Crippen LogP contribution is 2.31. The van der Waals surface area contributed by atoms with Crippen LogP contribution >= 0.6 is 11.8 Å². The van der Waals surface area contributed by atoms with Crippen molar-refractivity contribution in [2.75, 3.05) is 0 Å². The van der Waals surface area contributed by atoms with Gasteiger partial charge in [-0.3, -0.25) is 4.98 Å². The van der Waals surface area contributed by atoms with E-state index in [4.69, 9.17) is 5.73 Å². The standard InChI is InChI=1S/C13H14N2S/c1-10(14)12-4-2-3-5-13(12)16-11-6-8-15-9-7-11/h2-10H,14H2,1H3/t10-/m0/s1. The number of hydrogen-bond acceptors (Lipinski definition) is 3. The van der Waals surface area contributed by atoms with Crippen LogP contribution in [0.2, 0.25) is 0 Å². The Labute approximate surface area is 99.9 Å². The molecule has 0 aliphatic carbocycles. The molecule has 3 heteroatoms. The van der Waals surface area contributed by atoms with E-state index >= 15 is 0 Å². The van der Waals surface area contributed by atoms with Crippen molar-refractivity contribution in [3.05, 3.63) is 54.4 Å². The fourth-order valence-electron chi connectivity index (χ4n) is 1.48. The van der Waals surface area contributed by atoms with Crippen molar-refractivity contribution in [1.29, 1.82) is 0 Å². The zero-order valence-electron chi connectivity index (χ0n) is 9.13. The van der Waals surface area contributed by atoms with Gasteiger partial charge in [-0.15, -0.1) is 0 Å². The third-order valence-electron chi connectivity index (χ3n) is 2.29. The third-order valence-corrected chi connectivity index (χ3v) is 3.39. The first kappa shape index (κ1) is 11.2. The van der Waals surface area contributed by atoms with Gasteiger partial charge in [-0.05, 0) is 30.7 Å². The number of nitrogens with two attached hydrogens (primary N) is 1. The molecule has 1 heterocycles. The van der Waals surface area contributed by atoms with Crippen molar-refractivity contribution in [2.45, 2.75) is 22.8 Å². The molecule has 1 aromatic carbocycles. The Kier molecular flexibility index (Phi) is 3.59. The van der Waals surface area contributed by atoms with E-state index in [1.54, 1.807) is 24.2 Å². The largest absolute Gasteiger partial charge is 0.324 e. The van der Waals surface area contributed by atoms with Crippen molar-refractivity contribution >= 4 is 11.8 Å². The second-order valence-corrected chi connectivity index (χ2v) is 4.73. The van der Waals surface area contributed by atoms with Crippen LogP contribution in [0.25, 0.3) is 0 Å². The Balaban J connectivity index is 2.28. The predicted octanol–water partition coefficient (Wildman–Crippen LogP) is 3.25. The van der Waals surface area contributed by atoms with Crippen LogP contribution in [0.15, 0.2) is 58.6 Å². The van der Waals surface area contributed by atoms with Crippen molar-refractivity contribution in [2.24, 2.45) is 5.73 Å². The Bertz CT molecular complexity index is 454. The lowest BCUT2D eigenvalue weighted by atomic mass is 10.1. The first-order chi connectivity index (χ1) is 7.77. The average Bonchev–Trinajstić information content (AvgIpc) is 2.31. The highest BCUT2D eigenvalue weighted by atomic mass is 32.2. The summed E-state index contributed by atoms with van der Waals surface area (Å²) in [6.07, 6.45) is 3.60. The molecule has 2 aromatic rings. The normalized spacial score (nSPS) is 12.4. The van der Waals surface area contributed by atoms with E-state index in [1.165, 1.54) is 15.4 Å². The SMILES string of the molecule is C[C@H](N)c1ccccc1Sc1ccncc1. The van der Waals surface area contributed by atoms with E-state index in [-0.39, 0.29) is 6.04 Å². The molecule has 0 aliphatic heterocycles. The summed E-state index contributed by atoms with van der Waals surface area (Å²) in [6.45, 7) is 2.01. The Morgan fingerprint density at radius 2 is 1.81 bits per heavy atom. The van der Waals surface area contributed by atoms with Gasteiger partial charge in [0.15, 0.2) is 0 Å². The van der Waals surface area contributed by atoms with Gasteiger partial charge in [0.05, 0.1) is 0 Å². The summed E-state index contributed by atoms with van der Waals surface area (Å²) >= 11 is 1.72. The Hall–Kier alpha value is -1.32. The topological polar surface area (TPSA) is 38.9 Å². The van der Waals surface area contributed by atoms with Gasteiger partial charge in [0.2, 0.25) is 0 Å². The molecule has 2 rings (SSSR count). The van der Waals surface area contributed by atoms with Crippen LogP contribution in [-0.4, -0.2) is 4.98 Å². The fraction of sp³-hybridized carbons (Fsp3) is 0.154. The van der Waals surface area contributed by atoms with E-state index in [9.17, 15) is 0 Å². The first-order valence-corrected chi connectivity index (χ1v) is 6.01.